The number of carbonyl (C=O) groups is 2. The van der Waals surface area contributed by atoms with Gasteiger partial charge in [-0.1, -0.05) is 6.08 Å². The Morgan fingerprint density at radius 3 is 2.10 bits per heavy atom. The molecule has 0 aromatic rings. The zero-order valence-electron chi connectivity index (χ0n) is 9.85. The number of rotatable bonds is 5. The Balaban J connectivity index is 4.76. The summed E-state index contributed by atoms with van der Waals surface area (Å²) in [5, 5.41) is 1.74. The number of halogens is 6. The second-order valence-electron chi connectivity index (χ2n) is 3.27. The number of amides is 1. The second kappa shape index (κ2) is 7.12. The lowest BCUT2D eigenvalue weighted by Gasteiger charge is -2.22. The fourth-order valence-electron chi connectivity index (χ4n) is 0.867. The van der Waals surface area contributed by atoms with Gasteiger partial charge in [-0.05, 0) is 0 Å². The van der Waals surface area contributed by atoms with Gasteiger partial charge in [-0.15, -0.1) is 6.58 Å². The molecule has 0 radical (unpaired) electrons. The topological polar surface area (TPSA) is 58.6 Å². The van der Waals surface area contributed by atoms with Crippen molar-refractivity contribution in [2.45, 2.75) is 12.4 Å². The first kappa shape index (κ1) is 18.2. The third-order valence-corrected chi connectivity index (χ3v) is 1.67. The van der Waals surface area contributed by atoms with Crippen LogP contribution in [0.5, 0.6) is 0 Å². The number of hydrogen-bond acceptors (Lipinski definition) is 4. The highest BCUT2D eigenvalue weighted by atomic mass is 19.4. The lowest BCUT2D eigenvalue weighted by molar-refractivity contribution is -0.251. The van der Waals surface area contributed by atoms with Gasteiger partial charge in [0.2, 0.25) is 0 Å². The average Bonchev–Trinajstić information content (AvgIpc) is 2.29. The molecule has 0 heterocycles. The van der Waals surface area contributed by atoms with E-state index >= 15 is 0 Å². The predicted octanol–water partition coefficient (Wildman–Crippen LogP) is 1.17. The van der Waals surface area contributed by atoms with Gasteiger partial charge in [-0.2, -0.15) is 31.4 Å². The number of nitrogens with one attached hydrogen (secondary N) is 1. The van der Waals surface area contributed by atoms with Crippen molar-refractivity contribution in [3.63, 3.8) is 0 Å². The summed E-state index contributed by atoms with van der Waals surface area (Å²) < 4.78 is 72.0. The van der Waals surface area contributed by atoms with Crippen molar-refractivity contribution in [2.24, 2.45) is 0 Å². The third kappa shape index (κ3) is 6.41. The van der Waals surface area contributed by atoms with Crippen LogP contribution in [0.2, 0.25) is 0 Å². The molecule has 1 amide bonds. The van der Waals surface area contributed by atoms with Gasteiger partial charge in [0, 0.05) is 13.1 Å². The van der Waals surface area contributed by atoms with E-state index in [1.807, 2.05) is 0 Å². The summed E-state index contributed by atoms with van der Waals surface area (Å²) >= 11 is 0. The molecule has 0 atom stereocenters. The molecule has 0 saturated carbocycles. The monoisotopic (exact) mass is 308 g/mol. The predicted molar refractivity (Wildman–Crippen MR) is 53.0 cm³/mol. The maximum Gasteiger partial charge on any atom is 0.493 e. The van der Waals surface area contributed by atoms with Crippen LogP contribution in [0, 0.1) is 0 Å². The van der Waals surface area contributed by atoms with Crippen LogP contribution in [-0.2, 0) is 14.4 Å². The van der Waals surface area contributed by atoms with Gasteiger partial charge in [0.25, 0.3) is 0 Å². The van der Waals surface area contributed by atoms with E-state index in [9.17, 15) is 35.9 Å². The molecule has 0 unspecified atom stereocenters. The molecule has 0 rings (SSSR count). The zero-order chi connectivity index (χ0) is 16.0. The summed E-state index contributed by atoms with van der Waals surface area (Å²) in [5.74, 6) is -5.63. The molecular weight excluding hydrogens is 298 g/mol. The number of alkyl halides is 6. The fraction of sp³-hybridized carbons (Fsp3) is 0.556. The summed E-state index contributed by atoms with van der Waals surface area (Å²) in [6, 6.07) is 0. The van der Waals surface area contributed by atoms with E-state index in [0.29, 0.717) is 0 Å². The van der Waals surface area contributed by atoms with Gasteiger partial charge < -0.3 is 10.2 Å². The summed E-state index contributed by atoms with van der Waals surface area (Å²) in [7, 11) is 0. The molecule has 0 spiro atoms. The Morgan fingerprint density at radius 2 is 1.70 bits per heavy atom. The van der Waals surface area contributed by atoms with E-state index in [-0.39, 0.29) is 13.1 Å². The van der Waals surface area contributed by atoms with E-state index in [4.69, 9.17) is 0 Å². The van der Waals surface area contributed by atoms with E-state index in [0.717, 1.165) is 0 Å². The SMILES string of the molecule is C=CCNCCN(OC(=O)C(F)(F)F)C(=O)C(F)(F)F. The molecule has 0 aliphatic heterocycles. The normalized spacial score (nSPS) is 11.9. The highest BCUT2D eigenvalue weighted by Crippen LogP contribution is 2.21. The fourth-order valence-corrected chi connectivity index (χ4v) is 0.867. The number of carbonyl (C=O) groups excluding carboxylic acids is 2. The Labute approximate surface area is 109 Å². The second-order valence-corrected chi connectivity index (χ2v) is 3.27. The first-order valence-corrected chi connectivity index (χ1v) is 4.99. The maximum atomic E-state index is 12.1. The molecule has 0 aromatic carbocycles. The molecule has 116 valence electrons. The molecular formula is C9H10F6N2O3. The van der Waals surface area contributed by atoms with Crippen molar-refractivity contribution in [1.29, 1.82) is 0 Å². The van der Waals surface area contributed by atoms with Crippen LogP contribution in [0.4, 0.5) is 26.3 Å². The zero-order valence-corrected chi connectivity index (χ0v) is 9.85. The van der Waals surface area contributed by atoms with E-state index in [1.54, 1.807) is 0 Å². The van der Waals surface area contributed by atoms with Crippen molar-refractivity contribution in [2.75, 3.05) is 19.6 Å². The Morgan fingerprint density at radius 1 is 1.15 bits per heavy atom. The lowest BCUT2D eigenvalue weighted by atomic mass is 10.5. The minimum Gasteiger partial charge on any atom is -0.329 e. The highest BCUT2D eigenvalue weighted by molar-refractivity contribution is 5.83. The highest BCUT2D eigenvalue weighted by Gasteiger charge is 2.48. The number of hydrogen-bond donors (Lipinski definition) is 1. The minimum absolute atomic E-state index is 0.140. The Kier molecular flexibility index (Phi) is 6.49. The Bertz CT molecular complexity index is 366. The van der Waals surface area contributed by atoms with Crippen molar-refractivity contribution < 1.29 is 40.8 Å². The smallest absolute Gasteiger partial charge is 0.329 e. The van der Waals surface area contributed by atoms with Gasteiger partial charge in [-0.25, -0.2) is 4.79 Å². The molecule has 0 aliphatic carbocycles. The number of nitrogens with zero attached hydrogens (tertiary/aromatic N) is 1. The van der Waals surface area contributed by atoms with Crippen LogP contribution in [0.3, 0.4) is 0 Å². The largest absolute Gasteiger partial charge is 0.493 e. The summed E-state index contributed by atoms with van der Waals surface area (Å²) in [6.07, 6.45) is -9.65. The minimum atomic E-state index is -5.52. The average molecular weight is 308 g/mol. The summed E-state index contributed by atoms with van der Waals surface area (Å²) in [5.41, 5.74) is 0. The van der Waals surface area contributed by atoms with E-state index < -0.39 is 35.8 Å². The summed E-state index contributed by atoms with van der Waals surface area (Å²) in [4.78, 5) is 24.7. The maximum absolute atomic E-state index is 12.1. The first-order valence-electron chi connectivity index (χ1n) is 4.99. The van der Waals surface area contributed by atoms with Gasteiger partial charge in [0.1, 0.15) is 0 Å². The Hall–Kier alpha value is -1.78. The quantitative estimate of drug-likeness (QED) is 0.358. The van der Waals surface area contributed by atoms with Crippen molar-refractivity contribution in [3.8, 4) is 0 Å². The van der Waals surface area contributed by atoms with Crippen LogP contribution < -0.4 is 5.32 Å². The van der Waals surface area contributed by atoms with Crippen LogP contribution >= 0.6 is 0 Å². The molecule has 11 heteroatoms. The van der Waals surface area contributed by atoms with Crippen LogP contribution in [-0.4, -0.2) is 48.9 Å². The molecule has 0 aromatic heterocycles. The van der Waals surface area contributed by atoms with Gasteiger partial charge >= 0.3 is 24.2 Å². The molecule has 0 fully saturated rings. The van der Waals surface area contributed by atoms with Gasteiger partial charge in [0.15, 0.2) is 0 Å². The standard InChI is InChI=1S/C9H10F6N2O3/c1-2-3-16-4-5-17(6(18)8(10,11)12)20-7(19)9(13,14)15/h2,16H,1,3-5H2. The van der Waals surface area contributed by atoms with E-state index in [2.05, 4.69) is 16.7 Å². The molecule has 1 N–H and O–H groups in total. The van der Waals surface area contributed by atoms with Gasteiger partial charge in [-0.3, -0.25) is 4.79 Å². The van der Waals surface area contributed by atoms with Crippen LogP contribution in [0.15, 0.2) is 12.7 Å². The molecule has 0 bridgehead atoms. The molecule has 0 aliphatic rings. The first-order chi connectivity index (χ1) is 9.00. The van der Waals surface area contributed by atoms with E-state index in [1.165, 1.54) is 6.08 Å². The van der Waals surface area contributed by atoms with Gasteiger partial charge in [0.05, 0.1) is 6.54 Å². The van der Waals surface area contributed by atoms with Crippen LogP contribution in [0.1, 0.15) is 0 Å². The van der Waals surface area contributed by atoms with Crippen molar-refractivity contribution in [1.82, 2.24) is 10.4 Å². The lowest BCUT2D eigenvalue weighted by Crippen LogP contribution is -2.47. The van der Waals surface area contributed by atoms with Crippen molar-refractivity contribution in [3.05, 3.63) is 12.7 Å². The summed E-state index contributed by atoms with van der Waals surface area (Å²) in [6.45, 7) is 2.17. The van der Waals surface area contributed by atoms with Crippen molar-refractivity contribution >= 4 is 11.9 Å². The number of hydroxylamine groups is 2. The molecule has 5 nitrogen and oxygen atoms in total. The third-order valence-electron chi connectivity index (χ3n) is 1.67. The molecule has 0 saturated heterocycles. The van der Waals surface area contributed by atoms with Crippen LogP contribution in [0.25, 0.3) is 0 Å². The molecule has 20 heavy (non-hydrogen) atoms.